The molecule has 8 nitrogen and oxygen atoms in total. The monoisotopic (exact) mass is 481 g/mol. The third kappa shape index (κ3) is 4.97. The number of aryl methyl sites for hydroxylation is 1. The number of ether oxygens (including phenoxy) is 1. The van der Waals surface area contributed by atoms with Crippen molar-refractivity contribution in [2.45, 2.75) is 19.5 Å². The Balaban J connectivity index is 1.76. The molecule has 0 spiro atoms. The van der Waals surface area contributed by atoms with Gasteiger partial charge >= 0.3 is 0 Å². The Bertz CT molecular complexity index is 1290. The molecule has 0 aliphatic rings. The fraction of sp³-hybridized carbons (Fsp3) is 0.250. The molecule has 0 bridgehead atoms. The molecule has 0 aliphatic carbocycles. The highest BCUT2D eigenvalue weighted by atomic mass is 32.1. The lowest BCUT2D eigenvalue weighted by Crippen LogP contribution is -2.45. The van der Waals surface area contributed by atoms with Crippen molar-refractivity contribution in [1.29, 1.82) is 0 Å². The fourth-order valence-corrected chi connectivity index (χ4v) is 4.41. The molecule has 4 rings (SSSR count). The first-order valence-corrected chi connectivity index (χ1v) is 11.5. The summed E-state index contributed by atoms with van der Waals surface area (Å²) in [5, 5.41) is 12.8. The highest BCUT2D eigenvalue weighted by Crippen LogP contribution is 2.32. The van der Waals surface area contributed by atoms with E-state index in [1.54, 1.807) is 37.3 Å². The first-order valence-electron chi connectivity index (χ1n) is 10.7. The van der Waals surface area contributed by atoms with Crippen molar-refractivity contribution >= 4 is 39.9 Å². The minimum Gasteiger partial charge on any atom is -0.383 e. The molecular weight excluding hydrogens is 457 g/mol. The van der Waals surface area contributed by atoms with E-state index in [1.165, 1.54) is 34.1 Å². The molecule has 0 fully saturated rings. The van der Waals surface area contributed by atoms with Crippen molar-refractivity contribution in [3.63, 3.8) is 0 Å². The number of fused-ring (bicyclic) bond motifs is 1. The van der Waals surface area contributed by atoms with Gasteiger partial charge in [0.1, 0.15) is 23.9 Å². The number of amides is 2. The molecule has 0 unspecified atom stereocenters. The second kappa shape index (κ2) is 10.5. The number of nitrogens with one attached hydrogen (secondary N) is 1. The smallest absolute Gasteiger partial charge is 0.249 e. The Morgan fingerprint density at radius 3 is 2.76 bits per heavy atom. The van der Waals surface area contributed by atoms with E-state index in [1.807, 2.05) is 23.6 Å². The van der Waals surface area contributed by atoms with Crippen LogP contribution in [0, 0.1) is 12.7 Å². The summed E-state index contributed by atoms with van der Waals surface area (Å²) in [5.41, 5.74) is 2.05. The Morgan fingerprint density at radius 1 is 1.21 bits per heavy atom. The van der Waals surface area contributed by atoms with Gasteiger partial charge < -0.3 is 10.1 Å². The highest BCUT2D eigenvalue weighted by molar-refractivity contribution is 7.10. The van der Waals surface area contributed by atoms with Crippen LogP contribution in [-0.2, 0) is 20.9 Å². The van der Waals surface area contributed by atoms with Gasteiger partial charge in [-0.25, -0.2) is 9.07 Å². The first kappa shape index (κ1) is 23.5. The van der Waals surface area contributed by atoms with E-state index in [9.17, 15) is 14.0 Å². The quantitative estimate of drug-likeness (QED) is 0.370. The first-order chi connectivity index (χ1) is 16.5. The second-order valence-corrected chi connectivity index (χ2v) is 8.61. The normalized spacial score (nSPS) is 12.0. The fourth-order valence-electron chi connectivity index (χ4n) is 3.60. The zero-order valence-corrected chi connectivity index (χ0v) is 19.6. The van der Waals surface area contributed by atoms with Crippen molar-refractivity contribution in [1.82, 2.24) is 20.3 Å². The average molecular weight is 482 g/mol. The number of thiophene rings is 1. The Hall–Kier alpha value is -3.63. The van der Waals surface area contributed by atoms with Crippen LogP contribution < -0.4 is 10.2 Å². The number of halogens is 1. The Morgan fingerprint density at radius 2 is 2.03 bits per heavy atom. The van der Waals surface area contributed by atoms with Crippen LogP contribution in [0.4, 0.5) is 10.1 Å². The van der Waals surface area contributed by atoms with Crippen molar-refractivity contribution < 1.29 is 18.7 Å². The van der Waals surface area contributed by atoms with E-state index in [2.05, 4.69) is 15.6 Å². The zero-order chi connectivity index (χ0) is 24.1. The number of aromatic nitrogens is 3. The number of anilines is 1. The minimum atomic E-state index is -0.999. The van der Waals surface area contributed by atoms with Crippen LogP contribution >= 0.6 is 11.3 Å². The minimum absolute atomic E-state index is 0.177. The maximum Gasteiger partial charge on any atom is 0.249 e. The Kier molecular flexibility index (Phi) is 7.29. The third-order valence-electron chi connectivity index (χ3n) is 5.33. The molecule has 176 valence electrons. The largest absolute Gasteiger partial charge is 0.383 e. The summed E-state index contributed by atoms with van der Waals surface area (Å²) in [6.45, 7) is 2.06. The van der Waals surface area contributed by atoms with E-state index in [0.29, 0.717) is 28.1 Å². The molecule has 34 heavy (non-hydrogen) atoms. The highest BCUT2D eigenvalue weighted by Gasteiger charge is 2.34. The summed E-state index contributed by atoms with van der Waals surface area (Å²) in [6, 6.07) is 14.4. The summed E-state index contributed by atoms with van der Waals surface area (Å²) in [5.74, 6) is -1.29. The van der Waals surface area contributed by atoms with E-state index < -0.39 is 23.7 Å². The molecule has 2 aromatic carbocycles. The van der Waals surface area contributed by atoms with E-state index >= 15 is 0 Å². The van der Waals surface area contributed by atoms with Crippen molar-refractivity contribution in [2.24, 2.45) is 0 Å². The standard InChI is InChI=1S/C24H24FN5O3S/c1-16-9-10-17(14-18(16)25)30(22(31)15-29-20-7-4-3-6-19(20)27-28-29)23(21-8-5-13-34-21)24(32)26-11-12-33-2/h3-10,13-14,23H,11-12,15H2,1-2H3,(H,26,32)/t23-/m0/s1. The molecule has 10 heteroatoms. The molecule has 4 aromatic rings. The van der Waals surface area contributed by atoms with E-state index in [-0.39, 0.29) is 18.8 Å². The molecule has 0 saturated heterocycles. The molecule has 2 heterocycles. The number of nitrogens with zero attached hydrogens (tertiary/aromatic N) is 4. The molecular formula is C24H24FN5O3S. The number of hydrogen-bond acceptors (Lipinski definition) is 6. The van der Waals surface area contributed by atoms with Gasteiger partial charge in [-0.2, -0.15) is 0 Å². The summed E-state index contributed by atoms with van der Waals surface area (Å²) in [4.78, 5) is 29.0. The lowest BCUT2D eigenvalue weighted by Gasteiger charge is -2.31. The number of carbonyl (C=O) groups is 2. The molecule has 0 saturated carbocycles. The maximum atomic E-state index is 14.6. The summed E-state index contributed by atoms with van der Waals surface area (Å²) in [6.07, 6.45) is 0. The lowest BCUT2D eigenvalue weighted by atomic mass is 10.1. The predicted octanol–water partition coefficient (Wildman–Crippen LogP) is 3.48. The van der Waals surface area contributed by atoms with Crippen LogP contribution in [-0.4, -0.2) is 47.1 Å². The summed E-state index contributed by atoms with van der Waals surface area (Å²) >= 11 is 1.34. The number of hydrogen-bond donors (Lipinski definition) is 1. The number of carbonyl (C=O) groups excluding carboxylic acids is 2. The molecule has 1 N–H and O–H groups in total. The van der Waals surface area contributed by atoms with E-state index in [0.717, 1.165) is 0 Å². The number of benzene rings is 2. The summed E-state index contributed by atoms with van der Waals surface area (Å²) in [7, 11) is 1.54. The average Bonchev–Trinajstić information content (AvgIpc) is 3.50. The van der Waals surface area contributed by atoms with Gasteiger partial charge in [-0.3, -0.25) is 14.5 Å². The van der Waals surface area contributed by atoms with E-state index in [4.69, 9.17) is 4.74 Å². The van der Waals surface area contributed by atoms with Crippen molar-refractivity contribution in [3.05, 3.63) is 76.2 Å². The topological polar surface area (TPSA) is 89.4 Å². The van der Waals surface area contributed by atoms with Crippen LogP contribution in [0.3, 0.4) is 0 Å². The van der Waals surface area contributed by atoms with Crippen LogP contribution in [0.5, 0.6) is 0 Å². The van der Waals surface area contributed by atoms with Gasteiger partial charge in [-0.1, -0.05) is 29.5 Å². The summed E-state index contributed by atoms with van der Waals surface area (Å²) < 4.78 is 21.1. The molecule has 2 aromatic heterocycles. The molecule has 0 radical (unpaired) electrons. The zero-order valence-electron chi connectivity index (χ0n) is 18.8. The SMILES string of the molecule is COCCNC(=O)[C@H](c1cccs1)N(C(=O)Cn1nnc2ccccc21)c1ccc(C)c(F)c1. The van der Waals surface area contributed by atoms with Crippen molar-refractivity contribution in [3.8, 4) is 0 Å². The van der Waals surface area contributed by atoms with Gasteiger partial charge in [0.05, 0.1) is 12.1 Å². The van der Waals surface area contributed by atoms with Crippen LogP contribution in [0.15, 0.2) is 60.0 Å². The molecule has 0 aliphatic heterocycles. The molecule has 2 amide bonds. The van der Waals surface area contributed by atoms with Gasteiger partial charge in [0.25, 0.3) is 0 Å². The number of methoxy groups -OCH3 is 1. The maximum absolute atomic E-state index is 14.6. The molecule has 1 atom stereocenters. The number of rotatable bonds is 9. The second-order valence-electron chi connectivity index (χ2n) is 7.63. The number of para-hydroxylation sites is 1. The van der Waals surface area contributed by atoms with Crippen LogP contribution in [0.25, 0.3) is 11.0 Å². The van der Waals surface area contributed by atoms with Gasteiger partial charge in [-0.15, -0.1) is 16.4 Å². The third-order valence-corrected chi connectivity index (χ3v) is 6.26. The van der Waals surface area contributed by atoms with Crippen molar-refractivity contribution in [2.75, 3.05) is 25.2 Å². The van der Waals surface area contributed by atoms with Crippen LogP contribution in [0.2, 0.25) is 0 Å². The predicted molar refractivity (Wildman–Crippen MR) is 128 cm³/mol. The lowest BCUT2D eigenvalue weighted by molar-refractivity contribution is -0.127. The van der Waals surface area contributed by atoms with Gasteiger partial charge in [-0.05, 0) is 48.2 Å². The van der Waals surface area contributed by atoms with Gasteiger partial charge in [0.2, 0.25) is 11.8 Å². The Labute approximate surface area is 199 Å². The van der Waals surface area contributed by atoms with Gasteiger partial charge in [0, 0.05) is 24.2 Å². The van der Waals surface area contributed by atoms with Gasteiger partial charge in [0.15, 0.2) is 0 Å². The van der Waals surface area contributed by atoms with Crippen LogP contribution in [0.1, 0.15) is 16.5 Å².